The molecular weight excluding hydrogens is 345 g/mol. The van der Waals surface area contributed by atoms with Gasteiger partial charge in [-0.1, -0.05) is 24.6 Å². The van der Waals surface area contributed by atoms with Crippen LogP contribution in [0.4, 0.5) is 18.0 Å². The number of nitrogens with zero attached hydrogens (tertiary/aromatic N) is 1. The molecule has 0 aromatic rings. The zero-order chi connectivity index (χ0) is 19.5. The lowest BCUT2D eigenvalue weighted by atomic mass is 9.89. The molecule has 7 heteroatoms. The smallest absolute Gasteiger partial charge is 0.416 e. The van der Waals surface area contributed by atoms with Crippen molar-refractivity contribution in [1.29, 1.82) is 0 Å². The Morgan fingerprint density at radius 2 is 2.04 bits per heavy atom. The molecule has 0 spiro atoms. The summed E-state index contributed by atoms with van der Waals surface area (Å²) in [5, 5.41) is 3.27. The van der Waals surface area contributed by atoms with E-state index in [1.54, 1.807) is 6.20 Å². The van der Waals surface area contributed by atoms with Gasteiger partial charge in [0, 0.05) is 25.3 Å². The van der Waals surface area contributed by atoms with Crippen molar-refractivity contribution in [2.45, 2.75) is 58.4 Å². The van der Waals surface area contributed by atoms with Crippen molar-refractivity contribution in [3.05, 3.63) is 35.6 Å². The van der Waals surface area contributed by atoms with Crippen LogP contribution in [0.25, 0.3) is 0 Å². The summed E-state index contributed by atoms with van der Waals surface area (Å²) in [5.41, 5.74) is -0.363. The maximum atomic E-state index is 12.9. The summed E-state index contributed by atoms with van der Waals surface area (Å²) in [6, 6.07) is 0.0158. The number of allylic oxidation sites excluding steroid dienone is 3. The second kappa shape index (κ2) is 7.86. The Hall–Kier alpha value is -1.76. The van der Waals surface area contributed by atoms with E-state index in [0.29, 0.717) is 25.9 Å². The minimum atomic E-state index is -4.30. The topological polar surface area (TPSA) is 41.6 Å². The van der Waals surface area contributed by atoms with E-state index in [1.807, 2.05) is 33.8 Å². The average molecular weight is 372 g/mol. The second-order valence-corrected chi connectivity index (χ2v) is 7.80. The molecule has 1 heterocycles. The van der Waals surface area contributed by atoms with Crippen LogP contribution in [0.2, 0.25) is 0 Å². The van der Waals surface area contributed by atoms with Gasteiger partial charge in [-0.2, -0.15) is 13.2 Å². The molecule has 0 saturated carbocycles. The summed E-state index contributed by atoms with van der Waals surface area (Å²) >= 11 is 0. The van der Waals surface area contributed by atoms with E-state index in [4.69, 9.17) is 4.74 Å². The van der Waals surface area contributed by atoms with Gasteiger partial charge < -0.3 is 10.1 Å². The second-order valence-electron chi connectivity index (χ2n) is 7.80. The molecule has 0 aromatic carbocycles. The monoisotopic (exact) mass is 372 g/mol. The summed E-state index contributed by atoms with van der Waals surface area (Å²) < 4.78 is 44.0. The van der Waals surface area contributed by atoms with Crippen LogP contribution in [0.1, 0.15) is 40.5 Å². The van der Waals surface area contributed by atoms with Crippen molar-refractivity contribution >= 4 is 6.09 Å². The van der Waals surface area contributed by atoms with Crippen LogP contribution in [-0.2, 0) is 4.74 Å². The summed E-state index contributed by atoms with van der Waals surface area (Å²) in [7, 11) is 0. The zero-order valence-electron chi connectivity index (χ0n) is 15.7. The fourth-order valence-corrected chi connectivity index (χ4v) is 2.83. The molecule has 1 aliphatic heterocycles. The molecule has 0 fully saturated rings. The van der Waals surface area contributed by atoms with Gasteiger partial charge >= 0.3 is 12.3 Å². The molecular formula is C19H27F3N2O2. The summed E-state index contributed by atoms with van der Waals surface area (Å²) in [5.74, 6) is 0.0828. The van der Waals surface area contributed by atoms with Crippen LogP contribution < -0.4 is 5.32 Å². The van der Waals surface area contributed by atoms with Crippen LogP contribution in [0.3, 0.4) is 0 Å². The number of carbonyl (C=O) groups excluding carboxylic acids is 1. The van der Waals surface area contributed by atoms with Gasteiger partial charge in [0.2, 0.25) is 0 Å². The molecule has 1 aliphatic carbocycles. The van der Waals surface area contributed by atoms with Crippen LogP contribution in [0, 0.1) is 5.92 Å². The van der Waals surface area contributed by atoms with E-state index in [1.165, 1.54) is 17.1 Å². The van der Waals surface area contributed by atoms with Crippen LogP contribution in [0.5, 0.6) is 0 Å². The third-order valence-electron chi connectivity index (χ3n) is 4.37. The fraction of sp³-hybridized carbons (Fsp3) is 0.632. The summed E-state index contributed by atoms with van der Waals surface area (Å²) in [6.45, 7) is 8.27. The summed E-state index contributed by atoms with van der Waals surface area (Å²) in [4.78, 5) is 13.5. The number of hydrogen-bond donors (Lipinski definition) is 1. The standard InChI is InChI=1S/C19H27F3N2O2/c1-13-5-6-15(19(20,21)22)11-14(13)12-23-16-7-9-24(10-8-16)17(25)26-18(2,3)4/h6-7,9,11,13,16,23H,5,8,10,12H2,1-4H3. The molecule has 2 atom stereocenters. The maximum absolute atomic E-state index is 12.9. The number of ether oxygens (including phenoxy) is 1. The first-order valence-electron chi connectivity index (χ1n) is 8.85. The predicted octanol–water partition coefficient (Wildman–Crippen LogP) is 4.55. The third-order valence-corrected chi connectivity index (χ3v) is 4.37. The highest BCUT2D eigenvalue weighted by molar-refractivity contribution is 5.69. The van der Waals surface area contributed by atoms with Gasteiger partial charge in [-0.3, -0.25) is 4.90 Å². The number of alkyl halides is 3. The van der Waals surface area contributed by atoms with Crippen molar-refractivity contribution in [2.75, 3.05) is 13.1 Å². The number of rotatable bonds is 3. The Labute approximate surface area is 152 Å². The molecule has 2 aliphatic rings. The van der Waals surface area contributed by atoms with E-state index in [9.17, 15) is 18.0 Å². The third kappa shape index (κ3) is 5.90. The lowest BCUT2D eigenvalue weighted by Crippen LogP contribution is -2.41. The number of hydrogen-bond acceptors (Lipinski definition) is 3. The Bertz CT molecular complexity index is 615. The quantitative estimate of drug-likeness (QED) is 0.790. The predicted molar refractivity (Wildman–Crippen MR) is 94.5 cm³/mol. The van der Waals surface area contributed by atoms with E-state index in [2.05, 4.69) is 5.32 Å². The Morgan fingerprint density at radius 1 is 1.35 bits per heavy atom. The number of amides is 1. The van der Waals surface area contributed by atoms with E-state index >= 15 is 0 Å². The molecule has 4 nitrogen and oxygen atoms in total. The molecule has 0 radical (unpaired) electrons. The van der Waals surface area contributed by atoms with Crippen LogP contribution >= 0.6 is 0 Å². The minimum absolute atomic E-state index is 0.0158. The van der Waals surface area contributed by atoms with Gasteiger partial charge in [-0.25, -0.2) is 4.79 Å². The molecule has 2 rings (SSSR count). The van der Waals surface area contributed by atoms with E-state index in [-0.39, 0.29) is 12.0 Å². The molecule has 0 bridgehead atoms. The Kier molecular flexibility index (Phi) is 6.21. The highest BCUT2D eigenvalue weighted by atomic mass is 19.4. The fourth-order valence-electron chi connectivity index (χ4n) is 2.83. The number of halogens is 3. The SMILES string of the molecule is CC1CC=C(C(F)(F)F)C=C1CNC1C=CN(C(=O)OC(C)(C)C)CC1. The molecule has 1 N–H and O–H groups in total. The Balaban J connectivity index is 1.89. The van der Waals surface area contributed by atoms with Crippen LogP contribution in [0.15, 0.2) is 35.6 Å². The van der Waals surface area contributed by atoms with E-state index < -0.39 is 23.4 Å². The summed E-state index contributed by atoms with van der Waals surface area (Å²) in [6.07, 6.45) is 2.42. The van der Waals surface area contributed by atoms with Crippen molar-refractivity contribution in [2.24, 2.45) is 5.92 Å². The van der Waals surface area contributed by atoms with Gasteiger partial charge in [-0.15, -0.1) is 0 Å². The zero-order valence-corrected chi connectivity index (χ0v) is 15.7. The van der Waals surface area contributed by atoms with E-state index in [0.717, 1.165) is 5.57 Å². The molecule has 0 saturated heterocycles. The maximum Gasteiger partial charge on any atom is 0.416 e. The lowest BCUT2D eigenvalue weighted by molar-refractivity contribution is -0.0888. The largest absolute Gasteiger partial charge is 0.443 e. The lowest BCUT2D eigenvalue weighted by Gasteiger charge is -2.30. The first-order chi connectivity index (χ1) is 12.0. The van der Waals surface area contributed by atoms with Gasteiger partial charge in [-0.05, 0) is 45.6 Å². The van der Waals surface area contributed by atoms with Crippen LogP contribution in [-0.4, -0.2) is 41.9 Å². The van der Waals surface area contributed by atoms with Crippen molar-refractivity contribution in [3.8, 4) is 0 Å². The first-order valence-corrected chi connectivity index (χ1v) is 8.85. The van der Waals surface area contributed by atoms with Crippen molar-refractivity contribution in [3.63, 3.8) is 0 Å². The molecule has 26 heavy (non-hydrogen) atoms. The minimum Gasteiger partial charge on any atom is -0.443 e. The average Bonchev–Trinajstić information content (AvgIpc) is 2.52. The van der Waals surface area contributed by atoms with Gasteiger partial charge in [0.1, 0.15) is 5.60 Å². The number of nitrogens with one attached hydrogen (secondary N) is 1. The molecule has 0 aromatic heterocycles. The first kappa shape index (κ1) is 20.6. The molecule has 146 valence electrons. The molecule has 2 unspecified atom stereocenters. The molecule has 1 amide bonds. The van der Waals surface area contributed by atoms with Gasteiger partial charge in [0.15, 0.2) is 0 Å². The Morgan fingerprint density at radius 3 is 2.58 bits per heavy atom. The number of carbonyl (C=O) groups is 1. The van der Waals surface area contributed by atoms with Gasteiger partial charge in [0.05, 0.1) is 5.57 Å². The van der Waals surface area contributed by atoms with Gasteiger partial charge in [0.25, 0.3) is 0 Å². The normalized spacial score (nSPS) is 24.2. The van der Waals surface area contributed by atoms with Crippen molar-refractivity contribution in [1.82, 2.24) is 10.2 Å². The van der Waals surface area contributed by atoms with Crippen molar-refractivity contribution < 1.29 is 22.7 Å². The highest BCUT2D eigenvalue weighted by Gasteiger charge is 2.34. The highest BCUT2D eigenvalue weighted by Crippen LogP contribution is 2.33.